The largest absolute Gasteiger partial charge is 0.317 e. The summed E-state index contributed by atoms with van der Waals surface area (Å²) in [5.74, 6) is 0. The third-order valence-corrected chi connectivity index (χ3v) is 1.41. The second kappa shape index (κ2) is 1.63. The van der Waals surface area contributed by atoms with Crippen molar-refractivity contribution >= 4 is 0 Å². The quantitative estimate of drug-likeness (QED) is 0.462. The Morgan fingerprint density at radius 3 is 2.64 bits per heavy atom. The summed E-state index contributed by atoms with van der Waals surface area (Å²) >= 11 is 0. The fraction of sp³-hybridized carbons (Fsp3) is 0. The lowest BCUT2D eigenvalue weighted by atomic mass is 10.4. The molecule has 0 aromatic heterocycles. The number of hydrogen-bond donors (Lipinski definition) is 1. The van der Waals surface area contributed by atoms with Crippen LogP contribution < -0.4 is 16.5 Å². The van der Waals surface area contributed by atoms with E-state index >= 15 is 0 Å². The average molecular weight is 150 g/mol. The SMILES string of the molecule is O=c1cc2[nH]c(=O)c(=O)c-2n1. The molecule has 1 N–H and O–H groups in total. The number of hydrogen-bond acceptors (Lipinski definition) is 4. The molecule has 0 saturated heterocycles. The van der Waals surface area contributed by atoms with Gasteiger partial charge in [-0.2, -0.15) is 0 Å². The van der Waals surface area contributed by atoms with Gasteiger partial charge in [-0.25, -0.2) is 4.98 Å². The van der Waals surface area contributed by atoms with Crippen molar-refractivity contribution in [3.63, 3.8) is 0 Å². The van der Waals surface area contributed by atoms with Gasteiger partial charge in [0.25, 0.3) is 16.5 Å². The first-order valence-electron chi connectivity index (χ1n) is 2.89. The Bertz CT molecular complexity index is 503. The lowest BCUT2D eigenvalue weighted by Gasteiger charge is -1.74. The van der Waals surface area contributed by atoms with Crippen molar-refractivity contribution in [3.05, 3.63) is 37.0 Å². The van der Waals surface area contributed by atoms with Crippen LogP contribution in [0.1, 0.15) is 0 Å². The maximum atomic E-state index is 10.8. The van der Waals surface area contributed by atoms with Gasteiger partial charge < -0.3 is 4.98 Å². The van der Waals surface area contributed by atoms with Crippen LogP contribution in [0.5, 0.6) is 0 Å². The van der Waals surface area contributed by atoms with Crippen LogP contribution in [0.3, 0.4) is 0 Å². The van der Waals surface area contributed by atoms with E-state index < -0.39 is 16.5 Å². The van der Waals surface area contributed by atoms with Crippen LogP contribution in [0.15, 0.2) is 20.4 Å². The molecule has 0 spiro atoms. The van der Waals surface area contributed by atoms with Crippen LogP contribution in [0, 0.1) is 0 Å². The van der Waals surface area contributed by atoms with Crippen molar-refractivity contribution < 1.29 is 0 Å². The smallest absolute Gasteiger partial charge is 0.298 e. The lowest BCUT2D eigenvalue weighted by Crippen LogP contribution is -2.20. The monoisotopic (exact) mass is 150 g/mol. The molecule has 0 radical (unpaired) electrons. The molecule has 0 aromatic rings. The summed E-state index contributed by atoms with van der Waals surface area (Å²) in [6.07, 6.45) is 0. The molecule has 54 valence electrons. The molecule has 0 aromatic carbocycles. The zero-order valence-electron chi connectivity index (χ0n) is 5.25. The first-order valence-corrected chi connectivity index (χ1v) is 2.89. The summed E-state index contributed by atoms with van der Waals surface area (Å²) in [5, 5.41) is 0. The molecule has 11 heavy (non-hydrogen) atoms. The first kappa shape index (κ1) is 5.96. The van der Waals surface area contributed by atoms with E-state index in [4.69, 9.17) is 0 Å². The molecule has 0 saturated carbocycles. The topological polar surface area (TPSA) is 79.9 Å². The van der Waals surface area contributed by atoms with E-state index in [1.165, 1.54) is 0 Å². The van der Waals surface area contributed by atoms with E-state index in [9.17, 15) is 14.4 Å². The predicted octanol–water partition coefficient (Wildman–Crippen LogP) is -1.53. The molecule has 0 aliphatic carbocycles. The standard InChI is InChI=1S/C6H2N2O3/c9-3-1-2-4(8-3)5(10)6(11)7-2/h1H,(H,7,11). The Morgan fingerprint density at radius 1 is 1.27 bits per heavy atom. The van der Waals surface area contributed by atoms with E-state index in [1.54, 1.807) is 0 Å². The number of aromatic amines is 1. The van der Waals surface area contributed by atoms with Crippen molar-refractivity contribution in [1.29, 1.82) is 0 Å². The molecule has 2 aliphatic heterocycles. The Labute approximate surface area is 59.4 Å². The van der Waals surface area contributed by atoms with Gasteiger partial charge in [-0.1, -0.05) is 0 Å². The summed E-state index contributed by atoms with van der Waals surface area (Å²) in [5.41, 5.74) is -1.78. The molecule has 0 atom stereocenters. The lowest BCUT2D eigenvalue weighted by molar-refractivity contribution is 1.28. The zero-order valence-corrected chi connectivity index (χ0v) is 5.25. The molecule has 2 heterocycles. The van der Waals surface area contributed by atoms with Gasteiger partial charge in [0.05, 0.1) is 5.69 Å². The maximum absolute atomic E-state index is 10.8. The number of nitrogens with zero attached hydrogens (tertiary/aromatic N) is 1. The van der Waals surface area contributed by atoms with Crippen molar-refractivity contribution in [2.24, 2.45) is 0 Å². The molecule has 0 bridgehead atoms. The van der Waals surface area contributed by atoms with Crippen molar-refractivity contribution in [3.8, 4) is 11.4 Å². The normalized spacial score (nSPS) is 10.9. The van der Waals surface area contributed by atoms with Gasteiger partial charge in [0, 0.05) is 6.07 Å². The number of aromatic nitrogens is 2. The average Bonchev–Trinajstić information content (AvgIpc) is 2.37. The van der Waals surface area contributed by atoms with Crippen molar-refractivity contribution in [2.75, 3.05) is 0 Å². The highest BCUT2D eigenvalue weighted by atomic mass is 16.2. The molecule has 0 unspecified atom stereocenters. The Balaban J connectivity index is 3.10. The number of fused-ring (bicyclic) bond motifs is 1. The van der Waals surface area contributed by atoms with Gasteiger partial charge in [-0.15, -0.1) is 0 Å². The summed E-state index contributed by atoms with van der Waals surface area (Å²) in [4.78, 5) is 37.5. The number of nitrogens with one attached hydrogen (secondary N) is 1. The van der Waals surface area contributed by atoms with E-state index in [0.717, 1.165) is 6.07 Å². The van der Waals surface area contributed by atoms with E-state index in [1.807, 2.05) is 0 Å². The molecule has 0 amide bonds. The molecule has 0 fully saturated rings. The van der Waals surface area contributed by atoms with Crippen LogP contribution in [0.25, 0.3) is 11.4 Å². The second-order valence-corrected chi connectivity index (χ2v) is 2.14. The Kier molecular flexibility index (Phi) is 0.883. The van der Waals surface area contributed by atoms with Gasteiger partial charge in [-0.05, 0) is 0 Å². The number of rotatable bonds is 0. The van der Waals surface area contributed by atoms with E-state index in [0.29, 0.717) is 0 Å². The van der Waals surface area contributed by atoms with Gasteiger partial charge in [-0.3, -0.25) is 14.4 Å². The second-order valence-electron chi connectivity index (χ2n) is 2.14. The fourth-order valence-electron chi connectivity index (χ4n) is 0.950. The van der Waals surface area contributed by atoms with E-state index in [2.05, 4.69) is 9.97 Å². The third-order valence-electron chi connectivity index (χ3n) is 1.41. The van der Waals surface area contributed by atoms with Crippen LogP contribution in [-0.4, -0.2) is 9.97 Å². The van der Waals surface area contributed by atoms with Crippen molar-refractivity contribution in [2.45, 2.75) is 0 Å². The highest BCUT2D eigenvalue weighted by Crippen LogP contribution is 2.04. The summed E-state index contributed by atoms with van der Waals surface area (Å²) in [6.45, 7) is 0. The maximum Gasteiger partial charge on any atom is 0.298 e. The van der Waals surface area contributed by atoms with Crippen LogP contribution in [-0.2, 0) is 0 Å². The highest BCUT2D eigenvalue weighted by Gasteiger charge is 2.15. The molecular formula is C6H2N2O3. The fourth-order valence-corrected chi connectivity index (χ4v) is 0.950. The highest BCUT2D eigenvalue weighted by molar-refractivity contribution is 5.56. The van der Waals surface area contributed by atoms with Crippen LogP contribution in [0.2, 0.25) is 0 Å². The molecule has 2 aliphatic rings. The summed E-state index contributed by atoms with van der Waals surface area (Å²) < 4.78 is 0. The molecular weight excluding hydrogens is 148 g/mol. The Morgan fingerprint density at radius 2 is 2.00 bits per heavy atom. The minimum atomic E-state index is -0.734. The minimum Gasteiger partial charge on any atom is -0.317 e. The van der Waals surface area contributed by atoms with Crippen LogP contribution >= 0.6 is 0 Å². The third kappa shape index (κ3) is 0.644. The van der Waals surface area contributed by atoms with Gasteiger partial charge in [0.2, 0.25) is 0 Å². The summed E-state index contributed by atoms with van der Waals surface area (Å²) in [7, 11) is 0. The molecule has 5 heteroatoms. The Hall–Kier alpha value is -1.78. The first-order chi connectivity index (χ1) is 5.18. The van der Waals surface area contributed by atoms with Crippen LogP contribution in [0.4, 0.5) is 0 Å². The molecule has 2 rings (SSSR count). The molecule has 5 nitrogen and oxygen atoms in total. The van der Waals surface area contributed by atoms with Gasteiger partial charge in [0.1, 0.15) is 5.69 Å². The van der Waals surface area contributed by atoms with Gasteiger partial charge in [0.15, 0.2) is 0 Å². The predicted molar refractivity (Wildman–Crippen MR) is 36.4 cm³/mol. The minimum absolute atomic E-state index is 0.0556. The zero-order chi connectivity index (χ0) is 8.01. The summed E-state index contributed by atoms with van der Waals surface area (Å²) in [6, 6.07) is 1.12. The number of H-pyrrole nitrogens is 1. The van der Waals surface area contributed by atoms with Gasteiger partial charge >= 0.3 is 0 Å². The van der Waals surface area contributed by atoms with E-state index in [-0.39, 0.29) is 11.4 Å². The van der Waals surface area contributed by atoms with Crippen molar-refractivity contribution in [1.82, 2.24) is 9.97 Å².